The quantitative estimate of drug-likeness (QED) is 0.127. The van der Waals surface area contributed by atoms with Gasteiger partial charge in [-0.3, -0.25) is 0 Å². The lowest BCUT2D eigenvalue weighted by Crippen LogP contribution is -2.64. The molecule has 0 N–H and O–H groups in total. The number of nitrogens with zero attached hydrogens (tertiary/aromatic N) is 5. The molecule has 0 spiro atoms. The number of thiophene rings is 2. The molecule has 466 valence electrons. The van der Waals surface area contributed by atoms with Gasteiger partial charge in [-0.05, 0) is 148 Å². The van der Waals surface area contributed by atoms with Gasteiger partial charge in [-0.15, -0.1) is 22.7 Å². The van der Waals surface area contributed by atoms with E-state index >= 15 is 0 Å². The standard InChI is InChI=1S/C90H57B2N5OS2/c1-6-28-58(29-7-1)65-38-16-21-45-74(65)96-79-57-83-73(56-72(79)91-70-43-19-22-46-75(70)95(62-36-14-5-15-37-62)80-52-63(53-81(96)87(80)91)93(59-30-8-2-9-31-59)60-32-10-3-11-33-60)92-71-44-20-23-47-76(71)97(78-49-27-42-69-67-40-18-25-51-86(67)100-90(69)78)82-54-64(55-84(98-83)88(82)92)94(61-34-12-4-13-35-61)77-48-26-41-68-66-39-17-24-50-85(66)99-89(68)77/h1-57H. The van der Waals surface area contributed by atoms with E-state index in [0.29, 0.717) is 0 Å². The lowest BCUT2D eigenvalue weighted by atomic mass is 9.30. The smallest absolute Gasteiger partial charge is 0.256 e. The Kier molecular flexibility index (Phi) is 12.9. The molecule has 0 radical (unpaired) electrons. The molecular weight excluding hydrogens is 1250 g/mol. The third kappa shape index (κ3) is 8.64. The second-order valence-corrected chi connectivity index (χ2v) is 28.3. The summed E-state index contributed by atoms with van der Waals surface area (Å²) in [5.41, 5.74) is 25.6. The summed E-state index contributed by atoms with van der Waals surface area (Å²) in [5.74, 6) is 1.64. The SMILES string of the molecule is c1ccc(-c2ccccc2N2c3cc4c(cc3B3c5ccccc5N(c5ccccc5)c5cc(N(c6ccccc6)c6ccccc6)cc2c53)B2c3ccccc3N(c3cccc5c3sc3ccccc35)c3cc(N(c5ccccc5)c5cccc6c5sc5ccccc56)cc(c32)O4)cc1. The van der Waals surface area contributed by atoms with Gasteiger partial charge in [-0.1, -0.05) is 224 Å². The molecule has 4 aliphatic heterocycles. The van der Waals surface area contributed by atoms with Crippen LogP contribution in [-0.4, -0.2) is 13.4 Å². The Morgan fingerprint density at radius 1 is 0.270 bits per heavy atom. The number of fused-ring (bicyclic) bond motifs is 14. The van der Waals surface area contributed by atoms with E-state index in [-0.39, 0.29) is 13.4 Å². The second-order valence-electron chi connectivity index (χ2n) is 26.2. The van der Waals surface area contributed by atoms with Crippen LogP contribution in [0.4, 0.5) is 85.3 Å². The molecular formula is C90H57B2N5OS2. The Morgan fingerprint density at radius 3 is 1.39 bits per heavy atom. The van der Waals surface area contributed by atoms with E-state index in [9.17, 15) is 0 Å². The average molecular weight is 1310 g/mol. The van der Waals surface area contributed by atoms with Gasteiger partial charge in [-0.25, -0.2) is 0 Å². The topological polar surface area (TPSA) is 25.4 Å². The normalized spacial score (nSPS) is 13.0. The summed E-state index contributed by atoms with van der Waals surface area (Å²) in [5, 5.41) is 5.00. The highest BCUT2D eigenvalue weighted by Gasteiger charge is 2.49. The van der Waals surface area contributed by atoms with Gasteiger partial charge in [0.05, 0.1) is 37.8 Å². The fraction of sp³-hybridized carbons (Fsp3) is 0. The van der Waals surface area contributed by atoms with Crippen LogP contribution >= 0.6 is 22.7 Å². The van der Waals surface area contributed by atoms with Crippen LogP contribution in [0.2, 0.25) is 0 Å². The van der Waals surface area contributed by atoms with Gasteiger partial charge in [0.2, 0.25) is 0 Å². The van der Waals surface area contributed by atoms with Crippen molar-refractivity contribution in [2.45, 2.75) is 0 Å². The first kappa shape index (κ1) is 56.8. The predicted octanol–water partition coefficient (Wildman–Crippen LogP) is 21.5. The van der Waals surface area contributed by atoms with E-state index in [2.05, 4.69) is 370 Å². The van der Waals surface area contributed by atoms with Gasteiger partial charge >= 0.3 is 0 Å². The molecule has 6 nitrogen and oxygen atoms in total. The third-order valence-corrected chi connectivity index (χ3v) is 23.2. The minimum atomic E-state index is -0.239. The van der Waals surface area contributed by atoms with Crippen molar-refractivity contribution in [1.82, 2.24) is 0 Å². The van der Waals surface area contributed by atoms with Crippen molar-refractivity contribution in [3.05, 3.63) is 346 Å². The molecule has 0 saturated heterocycles. The van der Waals surface area contributed by atoms with Crippen LogP contribution in [0.3, 0.4) is 0 Å². The highest BCUT2D eigenvalue weighted by molar-refractivity contribution is 7.27. The first-order valence-electron chi connectivity index (χ1n) is 34.2. The van der Waals surface area contributed by atoms with E-state index in [1.165, 1.54) is 62.2 Å². The maximum Gasteiger partial charge on any atom is 0.256 e. The molecule has 0 bridgehead atoms. The van der Waals surface area contributed by atoms with Gasteiger partial charge in [-0.2, -0.15) is 0 Å². The summed E-state index contributed by atoms with van der Waals surface area (Å²) in [7, 11) is 0. The molecule has 0 unspecified atom stereocenters. The number of benzene rings is 15. The summed E-state index contributed by atoms with van der Waals surface area (Å²) >= 11 is 3.72. The van der Waals surface area contributed by atoms with Crippen molar-refractivity contribution in [3.63, 3.8) is 0 Å². The predicted molar refractivity (Wildman–Crippen MR) is 427 cm³/mol. The Morgan fingerprint density at radius 2 is 0.730 bits per heavy atom. The van der Waals surface area contributed by atoms with E-state index in [1.54, 1.807) is 0 Å². The number of hydrogen-bond acceptors (Lipinski definition) is 8. The van der Waals surface area contributed by atoms with Crippen LogP contribution in [0, 0.1) is 0 Å². The zero-order valence-corrected chi connectivity index (χ0v) is 55.7. The maximum absolute atomic E-state index is 8.05. The number of para-hydroxylation sites is 7. The van der Waals surface area contributed by atoms with Crippen molar-refractivity contribution in [2.24, 2.45) is 0 Å². The fourth-order valence-electron chi connectivity index (χ4n) is 16.7. The minimum absolute atomic E-state index is 0.210. The van der Waals surface area contributed by atoms with E-state index < -0.39 is 0 Å². The van der Waals surface area contributed by atoms with Crippen molar-refractivity contribution in [1.29, 1.82) is 0 Å². The molecule has 0 atom stereocenters. The van der Waals surface area contributed by atoms with Crippen molar-refractivity contribution >= 4 is 195 Å². The summed E-state index contributed by atoms with van der Waals surface area (Å²) < 4.78 is 13.0. The molecule has 0 fully saturated rings. The van der Waals surface area contributed by atoms with Crippen LogP contribution in [0.15, 0.2) is 346 Å². The van der Waals surface area contributed by atoms with E-state index in [4.69, 9.17) is 4.74 Å². The maximum atomic E-state index is 8.05. The molecule has 6 heterocycles. The Labute approximate surface area is 588 Å². The summed E-state index contributed by atoms with van der Waals surface area (Å²) in [4.78, 5) is 12.5. The van der Waals surface area contributed by atoms with Crippen molar-refractivity contribution in [3.8, 4) is 22.6 Å². The summed E-state index contributed by atoms with van der Waals surface area (Å²) in [6.45, 7) is -0.450. The molecule has 21 rings (SSSR count). The van der Waals surface area contributed by atoms with Crippen molar-refractivity contribution in [2.75, 3.05) is 24.5 Å². The van der Waals surface area contributed by atoms with Crippen LogP contribution in [0.25, 0.3) is 51.5 Å². The van der Waals surface area contributed by atoms with Crippen LogP contribution < -0.4 is 62.0 Å². The zero-order chi connectivity index (χ0) is 65.5. The first-order valence-corrected chi connectivity index (χ1v) is 35.8. The first-order chi connectivity index (χ1) is 49.6. The molecule has 4 aliphatic rings. The Hall–Kier alpha value is -12.3. The van der Waals surface area contributed by atoms with Gasteiger partial charge in [0.1, 0.15) is 11.5 Å². The van der Waals surface area contributed by atoms with Gasteiger partial charge in [0, 0.05) is 106 Å². The number of ether oxygens (including phenoxy) is 1. The van der Waals surface area contributed by atoms with Gasteiger partial charge in [0.25, 0.3) is 13.4 Å². The van der Waals surface area contributed by atoms with Gasteiger partial charge in [0.15, 0.2) is 0 Å². The monoisotopic (exact) mass is 1310 g/mol. The lowest BCUT2D eigenvalue weighted by molar-refractivity contribution is 0.488. The zero-order valence-electron chi connectivity index (χ0n) is 54.0. The third-order valence-electron chi connectivity index (χ3n) is 20.8. The van der Waals surface area contributed by atoms with Crippen LogP contribution in [0.5, 0.6) is 11.5 Å². The number of hydrogen-bond donors (Lipinski definition) is 0. The largest absolute Gasteiger partial charge is 0.458 e. The molecule has 10 heteroatoms. The van der Waals surface area contributed by atoms with Crippen molar-refractivity contribution < 1.29 is 4.74 Å². The van der Waals surface area contributed by atoms with Crippen LogP contribution in [0.1, 0.15) is 0 Å². The summed E-state index contributed by atoms with van der Waals surface area (Å²) in [6, 6.07) is 128. The molecule has 2 aromatic heterocycles. The highest BCUT2D eigenvalue weighted by Crippen LogP contribution is 2.54. The fourth-order valence-corrected chi connectivity index (χ4v) is 19.1. The Balaban J connectivity index is 0.863. The molecule has 100 heavy (non-hydrogen) atoms. The van der Waals surface area contributed by atoms with E-state index in [1.807, 2.05) is 22.7 Å². The van der Waals surface area contributed by atoms with Gasteiger partial charge < -0.3 is 29.2 Å². The van der Waals surface area contributed by atoms with E-state index in [0.717, 1.165) is 119 Å². The van der Waals surface area contributed by atoms with Crippen LogP contribution in [-0.2, 0) is 0 Å². The lowest BCUT2D eigenvalue weighted by Gasteiger charge is -2.46. The number of rotatable bonds is 10. The molecule has 0 amide bonds. The Bertz CT molecular complexity index is 6110. The number of anilines is 15. The summed E-state index contributed by atoms with van der Waals surface area (Å²) in [6.07, 6.45) is 0. The molecule has 0 aliphatic carbocycles. The molecule has 0 saturated carbocycles. The molecule has 17 aromatic rings. The molecule has 15 aromatic carbocycles. The highest BCUT2D eigenvalue weighted by atomic mass is 32.1. The average Bonchev–Trinajstić information content (AvgIpc) is 0.774. The second kappa shape index (κ2) is 22.6. The minimum Gasteiger partial charge on any atom is -0.458 e.